The van der Waals surface area contributed by atoms with Crippen LogP contribution in [0.5, 0.6) is 0 Å². The van der Waals surface area contributed by atoms with Crippen molar-refractivity contribution < 1.29 is 12.8 Å². The van der Waals surface area contributed by atoms with E-state index in [4.69, 9.17) is 5.14 Å². The Balaban J connectivity index is 2.10. The Morgan fingerprint density at radius 1 is 1.05 bits per heavy atom. The number of rotatable bonds is 3. The molecule has 1 heterocycles. The van der Waals surface area contributed by atoms with E-state index in [0.29, 0.717) is 12.0 Å². The summed E-state index contributed by atoms with van der Waals surface area (Å²) in [5.41, 5.74) is 2.86. The van der Waals surface area contributed by atoms with Crippen LogP contribution in [-0.4, -0.2) is 13.4 Å². The Morgan fingerprint density at radius 3 is 2.41 bits per heavy atom. The number of benzene rings is 1. The van der Waals surface area contributed by atoms with E-state index in [1.54, 1.807) is 24.3 Å². The summed E-state index contributed by atoms with van der Waals surface area (Å²) in [4.78, 5) is 3.90. The fourth-order valence-electron chi connectivity index (χ4n) is 2.49. The summed E-state index contributed by atoms with van der Waals surface area (Å²) in [6.07, 6.45) is 5.92. The minimum absolute atomic E-state index is 0.156. The molecule has 0 radical (unpaired) electrons. The summed E-state index contributed by atoms with van der Waals surface area (Å²) in [5, 5.41) is 5.09. The van der Waals surface area contributed by atoms with Gasteiger partial charge in [0.1, 0.15) is 5.82 Å². The SMILES string of the molecule is NS(=O)(=O)c1ncccc1C1=CCC=C1c1ccc(F)cc1. The third-order valence-electron chi connectivity index (χ3n) is 3.42. The Hall–Kier alpha value is -2.31. The number of nitrogens with zero attached hydrogens (tertiary/aromatic N) is 1. The number of sulfonamides is 1. The molecule has 0 unspecified atom stereocenters. The van der Waals surface area contributed by atoms with Crippen molar-refractivity contribution in [1.29, 1.82) is 0 Å². The lowest BCUT2D eigenvalue weighted by Gasteiger charge is -2.12. The lowest BCUT2D eigenvalue weighted by molar-refractivity contribution is 0.594. The van der Waals surface area contributed by atoms with Crippen LogP contribution in [0.1, 0.15) is 17.5 Å². The lowest BCUT2D eigenvalue weighted by Crippen LogP contribution is -2.16. The van der Waals surface area contributed by atoms with Crippen molar-refractivity contribution in [3.05, 3.63) is 71.7 Å². The monoisotopic (exact) mass is 316 g/mol. The number of hydrogen-bond acceptors (Lipinski definition) is 3. The van der Waals surface area contributed by atoms with Crippen LogP contribution in [0.15, 0.2) is 59.8 Å². The van der Waals surface area contributed by atoms with Gasteiger partial charge in [-0.25, -0.2) is 22.9 Å². The number of halogens is 1. The summed E-state index contributed by atoms with van der Waals surface area (Å²) in [5.74, 6) is -0.320. The lowest BCUT2D eigenvalue weighted by atomic mass is 9.96. The molecule has 1 aliphatic rings. The Labute approximate surface area is 127 Å². The summed E-state index contributed by atoms with van der Waals surface area (Å²) in [7, 11) is -3.92. The zero-order valence-corrected chi connectivity index (χ0v) is 12.3. The number of pyridine rings is 1. The molecule has 0 fully saturated rings. The zero-order chi connectivity index (χ0) is 15.7. The van der Waals surface area contributed by atoms with Gasteiger partial charge in [-0.2, -0.15) is 0 Å². The van der Waals surface area contributed by atoms with Crippen LogP contribution >= 0.6 is 0 Å². The molecule has 0 saturated carbocycles. The van der Waals surface area contributed by atoms with Gasteiger partial charge in [-0.3, -0.25) is 0 Å². The predicted molar refractivity (Wildman–Crippen MR) is 82.6 cm³/mol. The maximum atomic E-state index is 13.1. The Morgan fingerprint density at radius 2 is 1.73 bits per heavy atom. The average molecular weight is 316 g/mol. The van der Waals surface area contributed by atoms with Crippen LogP contribution in [0, 0.1) is 5.82 Å². The molecule has 0 bridgehead atoms. The van der Waals surface area contributed by atoms with Gasteiger partial charge >= 0.3 is 0 Å². The maximum absolute atomic E-state index is 13.1. The van der Waals surface area contributed by atoms with E-state index < -0.39 is 10.0 Å². The number of allylic oxidation sites excluding steroid dienone is 4. The third kappa shape index (κ3) is 2.70. The highest BCUT2D eigenvalue weighted by Crippen LogP contribution is 2.37. The summed E-state index contributed by atoms with van der Waals surface area (Å²) in [6, 6.07) is 9.39. The van der Waals surface area contributed by atoms with Crippen molar-refractivity contribution in [2.24, 2.45) is 5.14 Å². The van der Waals surface area contributed by atoms with Crippen molar-refractivity contribution >= 4 is 21.2 Å². The van der Waals surface area contributed by atoms with E-state index in [-0.39, 0.29) is 10.8 Å². The highest BCUT2D eigenvalue weighted by molar-refractivity contribution is 7.89. The number of primary sulfonamides is 1. The van der Waals surface area contributed by atoms with Crippen molar-refractivity contribution in [3.8, 4) is 0 Å². The van der Waals surface area contributed by atoms with Gasteiger partial charge in [0.05, 0.1) is 0 Å². The minimum Gasteiger partial charge on any atom is -0.243 e. The molecule has 2 aromatic rings. The molecule has 1 aliphatic carbocycles. The van der Waals surface area contributed by atoms with Gasteiger partial charge in [-0.05, 0) is 47.4 Å². The molecule has 1 aromatic heterocycles. The van der Waals surface area contributed by atoms with E-state index in [1.165, 1.54) is 18.3 Å². The fourth-order valence-corrected chi connectivity index (χ4v) is 3.19. The van der Waals surface area contributed by atoms with E-state index in [1.807, 2.05) is 12.2 Å². The zero-order valence-electron chi connectivity index (χ0n) is 11.5. The van der Waals surface area contributed by atoms with Crippen LogP contribution in [0.2, 0.25) is 0 Å². The molecule has 1 aromatic carbocycles. The van der Waals surface area contributed by atoms with Crippen LogP contribution in [0.3, 0.4) is 0 Å². The molecule has 0 spiro atoms. The highest BCUT2D eigenvalue weighted by atomic mass is 32.2. The van der Waals surface area contributed by atoms with Crippen LogP contribution in [-0.2, 0) is 10.0 Å². The molecule has 112 valence electrons. The molecule has 3 rings (SSSR count). The normalized spacial score (nSPS) is 14.6. The van der Waals surface area contributed by atoms with Crippen molar-refractivity contribution in [2.75, 3.05) is 0 Å². The molecule has 0 amide bonds. The first-order valence-electron chi connectivity index (χ1n) is 6.61. The van der Waals surface area contributed by atoms with Gasteiger partial charge in [0.2, 0.25) is 0 Å². The van der Waals surface area contributed by atoms with E-state index in [2.05, 4.69) is 4.98 Å². The topological polar surface area (TPSA) is 73.1 Å². The van der Waals surface area contributed by atoms with Gasteiger partial charge < -0.3 is 0 Å². The molecule has 0 saturated heterocycles. The maximum Gasteiger partial charge on any atom is 0.256 e. The molecule has 22 heavy (non-hydrogen) atoms. The Kier molecular flexibility index (Phi) is 3.64. The van der Waals surface area contributed by atoms with Gasteiger partial charge in [-0.15, -0.1) is 0 Å². The van der Waals surface area contributed by atoms with Gasteiger partial charge in [-0.1, -0.05) is 24.3 Å². The average Bonchev–Trinajstić information content (AvgIpc) is 2.96. The highest BCUT2D eigenvalue weighted by Gasteiger charge is 2.22. The second kappa shape index (κ2) is 5.47. The third-order valence-corrected chi connectivity index (χ3v) is 4.28. The fraction of sp³-hybridized carbons (Fsp3) is 0.0625. The van der Waals surface area contributed by atoms with E-state index in [0.717, 1.165) is 16.7 Å². The van der Waals surface area contributed by atoms with E-state index >= 15 is 0 Å². The van der Waals surface area contributed by atoms with Crippen molar-refractivity contribution in [3.63, 3.8) is 0 Å². The second-order valence-corrected chi connectivity index (χ2v) is 6.36. The molecule has 6 heteroatoms. The molecule has 0 atom stereocenters. The van der Waals surface area contributed by atoms with Crippen LogP contribution in [0.4, 0.5) is 4.39 Å². The van der Waals surface area contributed by atoms with Crippen molar-refractivity contribution in [1.82, 2.24) is 4.98 Å². The first-order valence-corrected chi connectivity index (χ1v) is 8.16. The molecular weight excluding hydrogens is 303 g/mol. The van der Waals surface area contributed by atoms with Crippen LogP contribution in [0.25, 0.3) is 11.1 Å². The summed E-state index contributed by atoms with van der Waals surface area (Å²) >= 11 is 0. The van der Waals surface area contributed by atoms with Gasteiger partial charge in [0, 0.05) is 11.8 Å². The van der Waals surface area contributed by atoms with Crippen LogP contribution < -0.4 is 5.14 Å². The number of aromatic nitrogens is 1. The molecular formula is C16H13FN2O2S. The first-order chi connectivity index (χ1) is 10.5. The van der Waals surface area contributed by atoms with Gasteiger partial charge in [0.25, 0.3) is 10.0 Å². The predicted octanol–water partition coefficient (Wildman–Crippen LogP) is 2.74. The largest absolute Gasteiger partial charge is 0.256 e. The quantitative estimate of drug-likeness (QED) is 0.946. The number of nitrogens with two attached hydrogens (primary N) is 1. The van der Waals surface area contributed by atoms with E-state index in [9.17, 15) is 12.8 Å². The Bertz CT molecular complexity index is 885. The second-order valence-electron chi connectivity index (χ2n) is 4.88. The summed E-state index contributed by atoms with van der Waals surface area (Å²) < 4.78 is 36.5. The smallest absolute Gasteiger partial charge is 0.243 e. The minimum atomic E-state index is -3.92. The standard InChI is InChI=1S/C16H13FN2O2S/c17-12-8-6-11(7-9-12)13-3-1-4-14(13)15-5-2-10-19-16(15)22(18,20)21/h2-10H,1H2,(H2,18,20,21). The van der Waals surface area contributed by atoms with Gasteiger partial charge in [0.15, 0.2) is 5.03 Å². The summed E-state index contributed by atoms with van der Waals surface area (Å²) in [6.45, 7) is 0. The number of hydrogen-bond donors (Lipinski definition) is 1. The molecule has 4 nitrogen and oxygen atoms in total. The molecule has 2 N–H and O–H groups in total. The van der Waals surface area contributed by atoms with Crippen molar-refractivity contribution in [2.45, 2.75) is 11.4 Å². The molecule has 0 aliphatic heterocycles. The first kappa shape index (κ1) is 14.6.